The van der Waals surface area contributed by atoms with Crippen LogP contribution in [0.1, 0.15) is 22.5 Å². The molecule has 0 saturated heterocycles. The fourth-order valence-electron chi connectivity index (χ4n) is 2.68. The van der Waals surface area contributed by atoms with Crippen molar-refractivity contribution in [1.82, 2.24) is 0 Å². The van der Waals surface area contributed by atoms with Crippen molar-refractivity contribution in [3.05, 3.63) is 76.0 Å². The number of aliphatic carboxylic acids is 1. The molecule has 3 rings (SSSR count). The van der Waals surface area contributed by atoms with E-state index in [1.54, 1.807) is 6.07 Å². The van der Waals surface area contributed by atoms with Gasteiger partial charge in [0.15, 0.2) is 6.61 Å². The summed E-state index contributed by atoms with van der Waals surface area (Å²) < 4.78 is 11.1. The summed E-state index contributed by atoms with van der Waals surface area (Å²) in [6.07, 6.45) is 3.97. The summed E-state index contributed by atoms with van der Waals surface area (Å²) >= 11 is 5.93. The average Bonchev–Trinajstić information content (AvgIpc) is 3.00. The molecule has 0 aliphatic heterocycles. The summed E-state index contributed by atoms with van der Waals surface area (Å²) in [7, 11) is 0. The van der Waals surface area contributed by atoms with Gasteiger partial charge in [0.1, 0.15) is 17.3 Å². The van der Waals surface area contributed by atoms with E-state index in [9.17, 15) is 4.79 Å². The molecular weight excluding hydrogens is 364 g/mol. The van der Waals surface area contributed by atoms with Gasteiger partial charge in [-0.05, 0) is 67.4 Å². The normalized spacial score (nSPS) is 11.1. The second-order valence-electron chi connectivity index (χ2n) is 6.17. The Balaban J connectivity index is 1.77. The molecule has 2 aromatic carbocycles. The third kappa shape index (κ3) is 4.80. The van der Waals surface area contributed by atoms with Crippen LogP contribution in [0.3, 0.4) is 0 Å². The number of ether oxygens (including phenoxy) is 1. The topological polar surface area (TPSA) is 59.7 Å². The molecule has 0 saturated carbocycles. The fraction of sp³-hybridized carbons (Fsp3) is 0.136. The van der Waals surface area contributed by atoms with Crippen molar-refractivity contribution in [1.29, 1.82) is 0 Å². The van der Waals surface area contributed by atoms with E-state index in [0.717, 1.165) is 33.8 Å². The van der Waals surface area contributed by atoms with Gasteiger partial charge in [0.05, 0.1) is 0 Å². The molecule has 0 radical (unpaired) electrons. The molecule has 1 heterocycles. The lowest BCUT2D eigenvalue weighted by molar-refractivity contribution is -0.139. The molecule has 0 amide bonds. The predicted molar refractivity (Wildman–Crippen MR) is 107 cm³/mol. The van der Waals surface area contributed by atoms with E-state index >= 15 is 0 Å². The van der Waals surface area contributed by atoms with E-state index in [1.165, 1.54) is 0 Å². The quantitative estimate of drug-likeness (QED) is 0.580. The van der Waals surface area contributed by atoms with Crippen LogP contribution in [0.4, 0.5) is 0 Å². The monoisotopic (exact) mass is 382 g/mol. The van der Waals surface area contributed by atoms with E-state index in [1.807, 2.05) is 68.5 Å². The average molecular weight is 383 g/mol. The highest BCUT2D eigenvalue weighted by atomic mass is 35.5. The van der Waals surface area contributed by atoms with Gasteiger partial charge in [0, 0.05) is 16.1 Å². The summed E-state index contributed by atoms with van der Waals surface area (Å²) in [4.78, 5) is 10.6. The minimum atomic E-state index is -0.995. The lowest BCUT2D eigenvalue weighted by Crippen LogP contribution is -2.10. The van der Waals surface area contributed by atoms with E-state index in [2.05, 4.69) is 0 Å². The summed E-state index contributed by atoms with van der Waals surface area (Å²) in [5.41, 5.74) is 3.83. The number of rotatable bonds is 6. The highest BCUT2D eigenvalue weighted by Gasteiger charge is 2.08. The molecule has 138 valence electrons. The predicted octanol–water partition coefficient (Wildman–Crippen LogP) is 5.85. The minimum Gasteiger partial charge on any atom is -0.482 e. The molecule has 5 heteroatoms. The molecular formula is C22H19ClO4. The second kappa shape index (κ2) is 8.14. The molecule has 0 atom stereocenters. The van der Waals surface area contributed by atoms with Crippen LogP contribution in [-0.4, -0.2) is 17.7 Å². The van der Waals surface area contributed by atoms with Crippen LogP contribution in [0, 0.1) is 13.8 Å². The van der Waals surface area contributed by atoms with Gasteiger partial charge < -0.3 is 14.3 Å². The zero-order valence-corrected chi connectivity index (χ0v) is 15.8. The van der Waals surface area contributed by atoms with E-state index in [0.29, 0.717) is 10.8 Å². The third-order valence-electron chi connectivity index (χ3n) is 4.09. The van der Waals surface area contributed by atoms with Crippen LogP contribution >= 0.6 is 11.6 Å². The maximum atomic E-state index is 10.6. The summed E-state index contributed by atoms with van der Waals surface area (Å²) in [6, 6.07) is 15.1. The first-order valence-electron chi connectivity index (χ1n) is 8.42. The number of aryl methyl sites for hydroxylation is 2. The van der Waals surface area contributed by atoms with E-state index < -0.39 is 5.97 Å². The summed E-state index contributed by atoms with van der Waals surface area (Å²) in [5, 5.41) is 9.39. The number of halogens is 1. The zero-order chi connectivity index (χ0) is 19.4. The smallest absolute Gasteiger partial charge is 0.341 e. The number of carbonyl (C=O) groups is 1. The molecule has 3 aromatic rings. The SMILES string of the molecule is Cc1cc(C=Cc2cc(-c3ccc(Cl)cc3)oc2C)ccc1OCC(=O)O. The van der Waals surface area contributed by atoms with Crippen molar-refractivity contribution in [2.45, 2.75) is 13.8 Å². The van der Waals surface area contributed by atoms with Gasteiger partial charge in [-0.2, -0.15) is 0 Å². The van der Waals surface area contributed by atoms with Crippen molar-refractivity contribution in [3.8, 4) is 17.1 Å². The zero-order valence-electron chi connectivity index (χ0n) is 15.0. The summed E-state index contributed by atoms with van der Waals surface area (Å²) in [6.45, 7) is 3.46. The van der Waals surface area contributed by atoms with Gasteiger partial charge in [0.2, 0.25) is 0 Å². The molecule has 1 aromatic heterocycles. The first-order chi connectivity index (χ1) is 12.9. The molecule has 0 fully saturated rings. The number of hydrogen-bond acceptors (Lipinski definition) is 3. The van der Waals surface area contributed by atoms with Gasteiger partial charge in [-0.1, -0.05) is 29.8 Å². The van der Waals surface area contributed by atoms with E-state index in [4.69, 9.17) is 25.9 Å². The lowest BCUT2D eigenvalue weighted by Gasteiger charge is -2.07. The molecule has 0 unspecified atom stereocenters. The molecule has 0 aliphatic rings. The maximum absolute atomic E-state index is 10.6. The Hall–Kier alpha value is -2.98. The lowest BCUT2D eigenvalue weighted by atomic mass is 10.1. The van der Waals surface area contributed by atoms with Crippen molar-refractivity contribution in [2.75, 3.05) is 6.61 Å². The first-order valence-corrected chi connectivity index (χ1v) is 8.80. The second-order valence-corrected chi connectivity index (χ2v) is 6.61. The van der Waals surface area contributed by atoms with Crippen LogP contribution in [-0.2, 0) is 4.79 Å². The standard InChI is InChI=1S/C22H19ClO4/c1-14-11-16(4-10-20(14)26-13-22(24)25)3-5-18-12-21(27-15(18)2)17-6-8-19(23)9-7-17/h3-12H,13H2,1-2H3,(H,24,25). The molecule has 0 spiro atoms. The van der Waals surface area contributed by atoms with Crippen molar-refractivity contribution in [3.63, 3.8) is 0 Å². The molecule has 0 bridgehead atoms. The Labute approximate surface area is 162 Å². The molecule has 1 N–H and O–H groups in total. The molecule has 4 nitrogen and oxygen atoms in total. The molecule has 27 heavy (non-hydrogen) atoms. The Bertz CT molecular complexity index is 984. The number of benzene rings is 2. The summed E-state index contributed by atoms with van der Waals surface area (Å²) in [5.74, 6) is 1.19. The Morgan fingerprint density at radius 3 is 2.52 bits per heavy atom. The van der Waals surface area contributed by atoms with Gasteiger partial charge >= 0.3 is 5.97 Å². The minimum absolute atomic E-state index is 0.349. The Morgan fingerprint density at radius 1 is 1.11 bits per heavy atom. The van der Waals surface area contributed by atoms with Gasteiger partial charge in [-0.15, -0.1) is 0 Å². The third-order valence-corrected chi connectivity index (χ3v) is 4.34. The largest absolute Gasteiger partial charge is 0.482 e. The van der Waals surface area contributed by atoms with Gasteiger partial charge in [-0.25, -0.2) is 4.79 Å². The first kappa shape index (κ1) is 18.8. The highest BCUT2D eigenvalue weighted by molar-refractivity contribution is 6.30. The van der Waals surface area contributed by atoms with Crippen LogP contribution in [0.5, 0.6) is 5.75 Å². The highest BCUT2D eigenvalue weighted by Crippen LogP contribution is 2.28. The van der Waals surface area contributed by atoms with Crippen LogP contribution < -0.4 is 4.74 Å². The number of furan rings is 1. The number of carboxylic acids is 1. The Morgan fingerprint density at radius 2 is 1.85 bits per heavy atom. The van der Waals surface area contributed by atoms with Crippen molar-refractivity contribution >= 4 is 29.7 Å². The van der Waals surface area contributed by atoms with Gasteiger partial charge in [0.25, 0.3) is 0 Å². The van der Waals surface area contributed by atoms with Crippen LogP contribution in [0.25, 0.3) is 23.5 Å². The van der Waals surface area contributed by atoms with E-state index in [-0.39, 0.29) is 6.61 Å². The molecule has 0 aliphatic carbocycles. The number of carboxylic acid groups (broad SMARTS) is 1. The number of hydrogen-bond donors (Lipinski definition) is 1. The van der Waals surface area contributed by atoms with Gasteiger partial charge in [-0.3, -0.25) is 0 Å². The van der Waals surface area contributed by atoms with Crippen molar-refractivity contribution < 1.29 is 19.1 Å². The van der Waals surface area contributed by atoms with Crippen LogP contribution in [0.2, 0.25) is 5.02 Å². The fourth-order valence-corrected chi connectivity index (χ4v) is 2.81. The van der Waals surface area contributed by atoms with Crippen LogP contribution in [0.15, 0.2) is 52.9 Å². The van der Waals surface area contributed by atoms with Crippen molar-refractivity contribution in [2.24, 2.45) is 0 Å². The Kier molecular flexibility index (Phi) is 5.67. The maximum Gasteiger partial charge on any atom is 0.341 e.